The van der Waals surface area contributed by atoms with Gasteiger partial charge in [0.15, 0.2) is 0 Å². The van der Waals surface area contributed by atoms with E-state index in [2.05, 4.69) is 17.6 Å². The van der Waals surface area contributed by atoms with Gasteiger partial charge < -0.3 is 20.1 Å². The second-order valence-electron chi connectivity index (χ2n) is 6.48. The van der Waals surface area contributed by atoms with Crippen LogP contribution in [0.3, 0.4) is 0 Å². The molecule has 1 atom stereocenters. The van der Waals surface area contributed by atoms with Crippen molar-refractivity contribution in [1.82, 2.24) is 0 Å². The zero-order valence-electron chi connectivity index (χ0n) is 16.7. The Balaban J connectivity index is 1.80. The van der Waals surface area contributed by atoms with Crippen molar-refractivity contribution < 1.29 is 19.1 Å². The van der Waals surface area contributed by atoms with Crippen molar-refractivity contribution in [2.75, 3.05) is 23.8 Å². The Labute approximate surface area is 166 Å². The number of hydrogen-bond acceptors (Lipinski definition) is 5. The lowest BCUT2D eigenvalue weighted by Gasteiger charge is -2.13. The third-order valence-corrected chi connectivity index (χ3v) is 4.06. The van der Waals surface area contributed by atoms with Crippen molar-refractivity contribution in [3.05, 3.63) is 54.1 Å². The molecule has 2 rings (SSSR count). The SMILES string of the molecule is CCCOC(=O)c1ccc(NC(=O)CNc2ccc(OC(C)CC)cc2)cc1. The zero-order valence-corrected chi connectivity index (χ0v) is 16.7. The highest BCUT2D eigenvalue weighted by Crippen LogP contribution is 2.17. The van der Waals surface area contributed by atoms with E-state index in [0.717, 1.165) is 24.3 Å². The first-order chi connectivity index (χ1) is 13.5. The topological polar surface area (TPSA) is 76.7 Å². The molecule has 0 aliphatic carbocycles. The average Bonchev–Trinajstić information content (AvgIpc) is 2.72. The Morgan fingerprint density at radius 2 is 1.61 bits per heavy atom. The van der Waals surface area contributed by atoms with Gasteiger partial charge in [0.2, 0.25) is 5.91 Å². The van der Waals surface area contributed by atoms with Crippen LogP contribution in [-0.2, 0) is 9.53 Å². The van der Waals surface area contributed by atoms with Crippen LogP contribution in [0.25, 0.3) is 0 Å². The van der Waals surface area contributed by atoms with E-state index >= 15 is 0 Å². The second kappa shape index (κ2) is 11.0. The number of esters is 1. The fraction of sp³-hybridized carbons (Fsp3) is 0.364. The maximum absolute atomic E-state index is 12.1. The normalized spacial score (nSPS) is 11.4. The van der Waals surface area contributed by atoms with Crippen molar-refractivity contribution in [2.45, 2.75) is 39.7 Å². The number of rotatable bonds is 10. The third-order valence-electron chi connectivity index (χ3n) is 4.06. The summed E-state index contributed by atoms with van der Waals surface area (Å²) in [6.07, 6.45) is 1.89. The molecule has 2 aromatic carbocycles. The maximum atomic E-state index is 12.1. The predicted molar refractivity (Wildman–Crippen MR) is 111 cm³/mol. The van der Waals surface area contributed by atoms with Crippen molar-refractivity contribution in [3.63, 3.8) is 0 Å². The first-order valence-electron chi connectivity index (χ1n) is 9.59. The summed E-state index contributed by atoms with van der Waals surface area (Å²) in [5.41, 5.74) is 1.92. The summed E-state index contributed by atoms with van der Waals surface area (Å²) in [5.74, 6) is 0.269. The molecule has 0 heterocycles. The molecule has 0 aliphatic heterocycles. The number of hydrogen-bond donors (Lipinski definition) is 2. The van der Waals surface area contributed by atoms with E-state index in [0.29, 0.717) is 17.9 Å². The lowest BCUT2D eigenvalue weighted by atomic mass is 10.2. The molecule has 0 fully saturated rings. The zero-order chi connectivity index (χ0) is 20.4. The van der Waals surface area contributed by atoms with Crippen molar-refractivity contribution >= 4 is 23.3 Å². The Bertz CT molecular complexity index is 757. The van der Waals surface area contributed by atoms with Gasteiger partial charge in [0.1, 0.15) is 5.75 Å². The van der Waals surface area contributed by atoms with Gasteiger partial charge in [0, 0.05) is 11.4 Å². The van der Waals surface area contributed by atoms with Gasteiger partial charge in [-0.2, -0.15) is 0 Å². The molecule has 0 aromatic heterocycles. The number of benzene rings is 2. The molecule has 1 amide bonds. The molecule has 6 nitrogen and oxygen atoms in total. The Kier molecular flexibility index (Phi) is 8.34. The van der Waals surface area contributed by atoms with Crippen molar-refractivity contribution in [1.29, 1.82) is 0 Å². The standard InChI is InChI=1S/C22H28N2O4/c1-4-14-27-22(26)17-6-8-19(9-7-17)24-21(25)15-23-18-10-12-20(13-11-18)28-16(3)5-2/h6-13,16,23H,4-5,14-15H2,1-3H3,(H,24,25). The van der Waals surface area contributed by atoms with E-state index in [1.165, 1.54) is 0 Å². The highest BCUT2D eigenvalue weighted by Gasteiger charge is 2.08. The van der Waals surface area contributed by atoms with E-state index < -0.39 is 0 Å². The minimum atomic E-state index is -0.359. The van der Waals surface area contributed by atoms with E-state index in [4.69, 9.17) is 9.47 Å². The van der Waals surface area contributed by atoms with E-state index in [-0.39, 0.29) is 24.5 Å². The Hall–Kier alpha value is -3.02. The van der Waals surface area contributed by atoms with Crippen molar-refractivity contribution in [3.8, 4) is 5.75 Å². The molecule has 2 N–H and O–H groups in total. The van der Waals surface area contributed by atoms with Crippen LogP contribution >= 0.6 is 0 Å². The molecule has 28 heavy (non-hydrogen) atoms. The fourth-order valence-electron chi connectivity index (χ4n) is 2.32. The van der Waals surface area contributed by atoms with Crippen LogP contribution in [0.15, 0.2) is 48.5 Å². The third kappa shape index (κ3) is 6.95. The average molecular weight is 384 g/mol. The summed E-state index contributed by atoms with van der Waals surface area (Å²) in [6.45, 7) is 6.57. The summed E-state index contributed by atoms with van der Waals surface area (Å²) in [5, 5.41) is 5.86. The summed E-state index contributed by atoms with van der Waals surface area (Å²) >= 11 is 0. The molecule has 0 aliphatic rings. The van der Waals surface area contributed by atoms with Gasteiger partial charge in [-0.15, -0.1) is 0 Å². The lowest BCUT2D eigenvalue weighted by Crippen LogP contribution is -2.21. The molecule has 0 saturated carbocycles. The molecule has 1 unspecified atom stereocenters. The summed E-state index contributed by atoms with van der Waals surface area (Å²) in [7, 11) is 0. The number of carbonyl (C=O) groups is 2. The van der Waals surface area contributed by atoms with Crippen molar-refractivity contribution in [2.24, 2.45) is 0 Å². The first-order valence-corrected chi connectivity index (χ1v) is 9.59. The van der Waals surface area contributed by atoms with Crippen LogP contribution < -0.4 is 15.4 Å². The van der Waals surface area contributed by atoms with E-state index in [1.807, 2.05) is 38.1 Å². The Morgan fingerprint density at radius 1 is 0.964 bits per heavy atom. The monoisotopic (exact) mass is 384 g/mol. The molecule has 0 spiro atoms. The number of carbonyl (C=O) groups excluding carboxylic acids is 2. The lowest BCUT2D eigenvalue weighted by molar-refractivity contribution is -0.114. The molecular formula is C22H28N2O4. The fourth-order valence-corrected chi connectivity index (χ4v) is 2.32. The molecule has 0 radical (unpaired) electrons. The van der Waals surface area contributed by atoms with Gasteiger partial charge in [0.05, 0.1) is 24.8 Å². The Morgan fingerprint density at radius 3 is 2.21 bits per heavy atom. The highest BCUT2D eigenvalue weighted by molar-refractivity contribution is 5.95. The summed E-state index contributed by atoms with van der Waals surface area (Å²) in [4.78, 5) is 23.9. The molecule has 0 bridgehead atoms. The molecule has 2 aromatic rings. The number of ether oxygens (including phenoxy) is 2. The van der Waals surface area contributed by atoms with Crippen LogP contribution in [-0.4, -0.2) is 31.1 Å². The largest absolute Gasteiger partial charge is 0.491 e. The van der Waals surface area contributed by atoms with Gasteiger partial charge in [-0.05, 0) is 68.3 Å². The quantitative estimate of drug-likeness (QED) is 0.591. The molecule has 6 heteroatoms. The number of nitrogens with one attached hydrogen (secondary N) is 2. The van der Waals surface area contributed by atoms with Crippen LogP contribution in [0, 0.1) is 0 Å². The van der Waals surface area contributed by atoms with Gasteiger partial charge in [-0.25, -0.2) is 4.79 Å². The molecule has 150 valence electrons. The number of anilines is 2. The smallest absolute Gasteiger partial charge is 0.338 e. The second-order valence-corrected chi connectivity index (χ2v) is 6.48. The van der Waals surface area contributed by atoms with Crippen LogP contribution in [0.5, 0.6) is 5.75 Å². The van der Waals surface area contributed by atoms with Crippen LogP contribution in [0.2, 0.25) is 0 Å². The molecular weight excluding hydrogens is 356 g/mol. The van der Waals surface area contributed by atoms with E-state index in [1.54, 1.807) is 24.3 Å². The van der Waals surface area contributed by atoms with Gasteiger partial charge >= 0.3 is 5.97 Å². The summed E-state index contributed by atoms with van der Waals surface area (Å²) < 4.78 is 10.8. The summed E-state index contributed by atoms with van der Waals surface area (Å²) in [6, 6.07) is 14.1. The van der Waals surface area contributed by atoms with Crippen LogP contribution in [0.4, 0.5) is 11.4 Å². The first kappa shape index (κ1) is 21.3. The minimum Gasteiger partial charge on any atom is -0.491 e. The van der Waals surface area contributed by atoms with Gasteiger partial charge in [-0.1, -0.05) is 13.8 Å². The molecule has 0 saturated heterocycles. The van der Waals surface area contributed by atoms with Gasteiger partial charge in [-0.3, -0.25) is 4.79 Å². The van der Waals surface area contributed by atoms with Crippen LogP contribution in [0.1, 0.15) is 44.0 Å². The minimum absolute atomic E-state index is 0.131. The number of amides is 1. The predicted octanol–water partition coefficient (Wildman–Crippen LogP) is 4.48. The highest BCUT2D eigenvalue weighted by atomic mass is 16.5. The van der Waals surface area contributed by atoms with E-state index in [9.17, 15) is 9.59 Å². The van der Waals surface area contributed by atoms with Gasteiger partial charge in [0.25, 0.3) is 0 Å². The maximum Gasteiger partial charge on any atom is 0.338 e.